The second-order valence-corrected chi connectivity index (χ2v) is 5.25. The van der Waals surface area contributed by atoms with Gasteiger partial charge in [-0.25, -0.2) is 4.79 Å². The summed E-state index contributed by atoms with van der Waals surface area (Å²) in [6.45, 7) is 4.90. The Labute approximate surface area is 135 Å². The molecule has 5 heteroatoms. The van der Waals surface area contributed by atoms with Gasteiger partial charge in [0, 0.05) is 11.5 Å². The predicted octanol–water partition coefficient (Wildman–Crippen LogP) is 3.96. The average Bonchev–Trinajstić information content (AvgIpc) is 2.55. The zero-order valence-corrected chi connectivity index (χ0v) is 13.6. The minimum Gasteiger partial charge on any atom is -0.494 e. The Morgan fingerprint density at radius 3 is 2.65 bits per heavy atom. The van der Waals surface area contributed by atoms with Crippen molar-refractivity contribution < 1.29 is 18.7 Å². The molecule has 1 aromatic carbocycles. The molecule has 1 heterocycles. The van der Waals surface area contributed by atoms with Gasteiger partial charge >= 0.3 is 5.63 Å². The molecule has 2 aromatic rings. The zero-order chi connectivity index (χ0) is 16.7. The van der Waals surface area contributed by atoms with E-state index in [1.54, 1.807) is 18.2 Å². The summed E-state index contributed by atoms with van der Waals surface area (Å²) in [5, 5.41) is 0.548. The Morgan fingerprint density at radius 1 is 1.13 bits per heavy atom. The number of ether oxygens (including phenoxy) is 2. The minimum absolute atomic E-state index is 0.00633. The summed E-state index contributed by atoms with van der Waals surface area (Å²) in [5.41, 5.74) is -0.0834. The highest BCUT2D eigenvalue weighted by Crippen LogP contribution is 2.26. The van der Waals surface area contributed by atoms with E-state index < -0.39 is 5.63 Å². The van der Waals surface area contributed by atoms with Crippen molar-refractivity contribution in [2.75, 3.05) is 13.2 Å². The van der Waals surface area contributed by atoms with Gasteiger partial charge in [-0.3, -0.25) is 4.79 Å². The van der Waals surface area contributed by atoms with Crippen LogP contribution in [0.2, 0.25) is 0 Å². The summed E-state index contributed by atoms with van der Waals surface area (Å²) in [4.78, 5) is 23.6. The molecule has 5 nitrogen and oxygen atoms in total. The molecule has 2 rings (SSSR count). The molecule has 23 heavy (non-hydrogen) atoms. The van der Waals surface area contributed by atoms with Crippen molar-refractivity contribution in [3.63, 3.8) is 0 Å². The fourth-order valence-corrected chi connectivity index (χ4v) is 2.40. The van der Waals surface area contributed by atoms with Crippen LogP contribution in [0.3, 0.4) is 0 Å². The first-order valence-electron chi connectivity index (χ1n) is 8.02. The van der Waals surface area contributed by atoms with E-state index >= 15 is 0 Å². The molecule has 0 saturated carbocycles. The number of fused-ring (bicyclic) bond motifs is 1. The van der Waals surface area contributed by atoms with E-state index in [4.69, 9.17) is 13.9 Å². The number of rotatable bonds is 9. The maximum Gasteiger partial charge on any atom is 0.379 e. The van der Waals surface area contributed by atoms with Crippen molar-refractivity contribution >= 4 is 17.3 Å². The minimum atomic E-state index is -0.635. The maximum absolute atomic E-state index is 12.1. The number of carbonyl (C=O) groups is 1. The molecule has 0 aliphatic carbocycles. The number of aldehydes is 1. The van der Waals surface area contributed by atoms with E-state index in [2.05, 4.69) is 6.92 Å². The lowest BCUT2D eigenvalue weighted by Crippen LogP contribution is -2.11. The Bertz CT molecular complexity index is 717. The van der Waals surface area contributed by atoms with E-state index in [1.807, 2.05) is 6.92 Å². The molecule has 0 amide bonds. The summed E-state index contributed by atoms with van der Waals surface area (Å²) in [6, 6.07) is 5.05. The van der Waals surface area contributed by atoms with Crippen LogP contribution in [-0.2, 0) is 0 Å². The van der Waals surface area contributed by atoms with Crippen LogP contribution in [0.25, 0.3) is 11.0 Å². The zero-order valence-electron chi connectivity index (χ0n) is 13.6. The standard InChI is InChI=1S/C18H22O5/c1-3-5-6-7-10-22-17-15(12-19)14-9-8-13(21-4-2)11-16(14)23-18(17)20/h8-9,11-12H,3-7,10H2,1-2H3. The monoisotopic (exact) mass is 318 g/mol. The van der Waals surface area contributed by atoms with E-state index in [0.717, 1.165) is 25.7 Å². The van der Waals surface area contributed by atoms with Crippen molar-refractivity contribution in [2.45, 2.75) is 39.5 Å². The van der Waals surface area contributed by atoms with Gasteiger partial charge in [-0.15, -0.1) is 0 Å². The van der Waals surface area contributed by atoms with Gasteiger partial charge in [0.2, 0.25) is 5.75 Å². The molecule has 0 unspecified atom stereocenters. The van der Waals surface area contributed by atoms with Crippen molar-refractivity contribution in [1.82, 2.24) is 0 Å². The summed E-state index contributed by atoms with van der Waals surface area (Å²) in [5.74, 6) is 0.585. The molecule has 0 saturated heterocycles. The molecule has 0 radical (unpaired) electrons. The highest BCUT2D eigenvalue weighted by atomic mass is 16.5. The first-order valence-corrected chi connectivity index (χ1v) is 8.02. The van der Waals surface area contributed by atoms with Crippen molar-refractivity contribution in [2.24, 2.45) is 0 Å². The lowest BCUT2D eigenvalue weighted by atomic mass is 10.1. The Balaban J connectivity index is 2.30. The van der Waals surface area contributed by atoms with Crippen LogP contribution in [0.5, 0.6) is 11.5 Å². The van der Waals surface area contributed by atoms with E-state index in [1.165, 1.54) is 0 Å². The average molecular weight is 318 g/mol. The Kier molecular flexibility index (Phi) is 6.20. The fraction of sp³-hybridized carbons (Fsp3) is 0.444. The van der Waals surface area contributed by atoms with Crippen LogP contribution in [0.4, 0.5) is 0 Å². The molecule has 0 N–H and O–H groups in total. The molecule has 0 spiro atoms. The van der Waals surface area contributed by atoms with E-state index in [9.17, 15) is 9.59 Å². The van der Waals surface area contributed by atoms with Crippen LogP contribution < -0.4 is 15.1 Å². The van der Waals surface area contributed by atoms with Gasteiger partial charge < -0.3 is 13.9 Å². The molecular weight excluding hydrogens is 296 g/mol. The van der Waals surface area contributed by atoms with Crippen molar-refractivity contribution in [3.8, 4) is 11.5 Å². The second kappa shape index (κ2) is 8.36. The third-order valence-corrected chi connectivity index (χ3v) is 3.55. The normalized spacial score (nSPS) is 10.7. The highest BCUT2D eigenvalue weighted by Gasteiger charge is 2.16. The SMILES string of the molecule is CCCCCCOc1c(C=O)c2ccc(OCC)cc2oc1=O. The van der Waals surface area contributed by atoms with Gasteiger partial charge in [0.05, 0.1) is 18.8 Å². The number of unbranched alkanes of at least 4 members (excludes halogenated alkanes) is 3. The van der Waals surface area contributed by atoms with Crippen LogP contribution in [0.1, 0.15) is 49.9 Å². The third-order valence-electron chi connectivity index (χ3n) is 3.55. The van der Waals surface area contributed by atoms with Crippen molar-refractivity contribution in [1.29, 1.82) is 0 Å². The van der Waals surface area contributed by atoms with Crippen LogP contribution in [0.15, 0.2) is 27.4 Å². The molecule has 0 atom stereocenters. The second-order valence-electron chi connectivity index (χ2n) is 5.25. The third kappa shape index (κ3) is 4.12. The van der Waals surface area contributed by atoms with Gasteiger partial charge in [-0.05, 0) is 25.5 Å². The summed E-state index contributed by atoms with van der Waals surface area (Å²) in [6.07, 6.45) is 4.76. The van der Waals surface area contributed by atoms with Crippen molar-refractivity contribution in [3.05, 3.63) is 34.2 Å². The quantitative estimate of drug-likeness (QED) is 0.398. The predicted molar refractivity (Wildman–Crippen MR) is 88.7 cm³/mol. The molecule has 1 aromatic heterocycles. The smallest absolute Gasteiger partial charge is 0.379 e. The fourth-order valence-electron chi connectivity index (χ4n) is 2.40. The first-order chi connectivity index (χ1) is 11.2. The lowest BCUT2D eigenvalue weighted by molar-refractivity contribution is 0.111. The van der Waals surface area contributed by atoms with Gasteiger partial charge in [-0.1, -0.05) is 26.2 Å². The van der Waals surface area contributed by atoms with E-state index in [-0.39, 0.29) is 11.3 Å². The summed E-state index contributed by atoms with van der Waals surface area (Å²) < 4.78 is 16.2. The molecule has 0 fully saturated rings. The number of benzene rings is 1. The molecule has 0 aliphatic heterocycles. The topological polar surface area (TPSA) is 65.7 Å². The van der Waals surface area contributed by atoms with Crippen LogP contribution in [0, 0.1) is 0 Å². The van der Waals surface area contributed by atoms with Gasteiger partial charge in [0.1, 0.15) is 11.3 Å². The highest BCUT2D eigenvalue weighted by molar-refractivity contribution is 5.98. The summed E-state index contributed by atoms with van der Waals surface area (Å²) in [7, 11) is 0. The van der Waals surface area contributed by atoms with Gasteiger partial charge in [0.25, 0.3) is 0 Å². The summed E-state index contributed by atoms with van der Waals surface area (Å²) >= 11 is 0. The van der Waals surface area contributed by atoms with Crippen LogP contribution >= 0.6 is 0 Å². The molecular formula is C18H22O5. The molecule has 124 valence electrons. The number of hydrogen-bond donors (Lipinski definition) is 0. The Hall–Kier alpha value is -2.30. The lowest BCUT2D eigenvalue weighted by Gasteiger charge is -2.10. The van der Waals surface area contributed by atoms with Crippen LogP contribution in [-0.4, -0.2) is 19.5 Å². The molecule has 0 bridgehead atoms. The van der Waals surface area contributed by atoms with Gasteiger partial charge in [0.15, 0.2) is 6.29 Å². The number of hydrogen-bond acceptors (Lipinski definition) is 5. The molecule has 0 aliphatic rings. The first kappa shape index (κ1) is 17.1. The largest absolute Gasteiger partial charge is 0.494 e. The number of carbonyl (C=O) groups excluding carboxylic acids is 1. The van der Waals surface area contributed by atoms with Gasteiger partial charge in [-0.2, -0.15) is 0 Å². The van der Waals surface area contributed by atoms with E-state index in [0.29, 0.717) is 36.2 Å². The Morgan fingerprint density at radius 2 is 1.96 bits per heavy atom. The maximum atomic E-state index is 12.1.